The molecule has 27 valence electrons. The Kier molecular flexibility index (Phi) is 0.548. The fourth-order valence-corrected chi connectivity index (χ4v) is 0.124. The molecule has 3 nitrogen and oxygen atoms in total. The Morgan fingerprint density at radius 1 is 1.40 bits per heavy atom. The third kappa shape index (κ3) is 0.357. The van der Waals surface area contributed by atoms with Gasteiger partial charge in [0.25, 0.3) is 0 Å². The zero-order valence-electron chi connectivity index (χ0n) is 2.42. The van der Waals surface area contributed by atoms with Crippen LogP contribution < -0.4 is 0 Å². The summed E-state index contributed by atoms with van der Waals surface area (Å²) in [4.78, 5) is 11.6. The molecule has 0 saturated carbocycles. The van der Waals surface area contributed by atoms with Crippen LogP contribution in [0.1, 0.15) is 0 Å². The summed E-state index contributed by atoms with van der Waals surface area (Å²) in [5.74, 6) is 0. The highest BCUT2D eigenvalue weighted by atomic mass is 17.2. The lowest BCUT2D eigenvalue weighted by molar-refractivity contribution is -0.166. The summed E-state index contributed by atoms with van der Waals surface area (Å²) in [5.41, 5.74) is 0. The van der Waals surface area contributed by atoms with Crippen LogP contribution in [0.5, 0.6) is 0 Å². The summed E-state index contributed by atoms with van der Waals surface area (Å²) in [7, 11) is 0. The van der Waals surface area contributed by atoms with Crippen molar-refractivity contribution >= 4 is 6.40 Å². The van der Waals surface area contributed by atoms with Gasteiger partial charge in [0.15, 0.2) is 0 Å². The molecule has 0 aromatic carbocycles. The van der Waals surface area contributed by atoms with E-state index in [-0.39, 0.29) is 0 Å². The molecule has 0 amide bonds. The second-order valence-corrected chi connectivity index (χ2v) is 0.552. The van der Waals surface area contributed by atoms with Gasteiger partial charge in [0.05, 0.1) is 0 Å². The van der Waals surface area contributed by atoms with E-state index in [1.54, 1.807) is 0 Å². The zero-order chi connectivity index (χ0) is 3.54. The monoisotopic (exact) mass is 72.0 g/mol. The molecule has 0 aliphatic carbocycles. The fourth-order valence-electron chi connectivity index (χ4n) is 0.124. The van der Waals surface area contributed by atoms with Crippen LogP contribution in [-0.2, 0) is 9.78 Å². The lowest BCUT2D eigenvalue weighted by Crippen LogP contribution is -1.70. The number of rotatable bonds is 0. The third-order valence-corrected chi connectivity index (χ3v) is 0.263. The highest BCUT2D eigenvalue weighted by Crippen LogP contribution is 1.88. The molecule has 1 rings (SSSR count). The summed E-state index contributed by atoms with van der Waals surface area (Å²) >= 11 is 0. The molecule has 0 N–H and O–H groups in total. The van der Waals surface area contributed by atoms with E-state index in [0.29, 0.717) is 0 Å². The Labute approximate surface area is 29.2 Å². The minimum atomic E-state index is 1.21. The average molecular weight is 72.0 g/mol. The average Bonchev–Trinajstić information content (AvgIpc) is 1.76. The molecule has 0 aromatic rings. The van der Waals surface area contributed by atoms with Gasteiger partial charge in [-0.05, 0) is 0 Å². The first-order valence-electron chi connectivity index (χ1n) is 1.15. The van der Waals surface area contributed by atoms with Crippen molar-refractivity contribution in [3.63, 3.8) is 0 Å². The molecule has 0 bridgehead atoms. The van der Waals surface area contributed by atoms with E-state index in [1.165, 1.54) is 13.1 Å². The van der Waals surface area contributed by atoms with Gasteiger partial charge in [0.1, 0.15) is 0 Å². The van der Waals surface area contributed by atoms with E-state index in [0.717, 1.165) is 0 Å². The van der Waals surface area contributed by atoms with Crippen molar-refractivity contribution < 1.29 is 9.78 Å². The summed E-state index contributed by atoms with van der Waals surface area (Å²) in [5, 5.41) is 0. The summed E-state index contributed by atoms with van der Waals surface area (Å²) in [6.07, 6.45) is 1.21. The molecular formula is C2H2NO2. The zero-order valence-corrected chi connectivity index (χ0v) is 2.42. The Morgan fingerprint density at radius 3 is 2.60 bits per heavy atom. The first-order chi connectivity index (χ1) is 2.50. The van der Waals surface area contributed by atoms with Gasteiger partial charge < -0.3 is 4.89 Å². The summed E-state index contributed by atoms with van der Waals surface area (Å²) in [6.45, 7) is 1.21. The summed E-state index contributed by atoms with van der Waals surface area (Å²) in [6, 6.07) is 0. The standard InChI is InChI=1S/C2H2NO2/c1-3-2-5-4-1/h1-2H. The minimum Gasteiger partial charge on any atom is -0.323 e. The predicted octanol–water partition coefficient (Wildman–Crippen LogP) is 0.0958. The molecule has 5 heavy (non-hydrogen) atoms. The van der Waals surface area contributed by atoms with Gasteiger partial charge in [0, 0.05) is 0 Å². The fraction of sp³-hybridized carbons (Fsp3) is 0. The van der Waals surface area contributed by atoms with Crippen molar-refractivity contribution in [1.82, 2.24) is 0 Å². The minimum absolute atomic E-state index is 1.21. The molecule has 0 atom stereocenters. The van der Waals surface area contributed by atoms with E-state index in [2.05, 4.69) is 14.8 Å². The third-order valence-electron chi connectivity index (χ3n) is 0.263. The van der Waals surface area contributed by atoms with E-state index < -0.39 is 0 Å². The molecule has 0 aromatic heterocycles. The SMILES string of the molecule is [CH]1N=COO1. The van der Waals surface area contributed by atoms with Gasteiger partial charge in [0.2, 0.25) is 13.1 Å². The van der Waals surface area contributed by atoms with Crippen LogP contribution in [0.4, 0.5) is 0 Å². The van der Waals surface area contributed by atoms with E-state index in [1.807, 2.05) is 0 Å². The molecule has 0 fully saturated rings. The molecule has 3 heteroatoms. The van der Waals surface area contributed by atoms with Gasteiger partial charge in [-0.25, -0.2) is 4.99 Å². The first-order valence-corrected chi connectivity index (χ1v) is 1.15. The van der Waals surface area contributed by atoms with E-state index >= 15 is 0 Å². The van der Waals surface area contributed by atoms with Crippen molar-refractivity contribution in [2.45, 2.75) is 0 Å². The largest absolute Gasteiger partial charge is 0.323 e. The lowest BCUT2D eigenvalue weighted by Gasteiger charge is -1.75. The number of aliphatic imine (C=N–C) groups is 1. The van der Waals surface area contributed by atoms with Crippen molar-refractivity contribution in [2.75, 3.05) is 0 Å². The second-order valence-electron chi connectivity index (χ2n) is 0.552. The van der Waals surface area contributed by atoms with Crippen molar-refractivity contribution in [3.8, 4) is 0 Å². The highest BCUT2D eigenvalue weighted by Gasteiger charge is 1.86. The Balaban J connectivity index is 2.32. The van der Waals surface area contributed by atoms with Gasteiger partial charge in [-0.3, -0.25) is 0 Å². The van der Waals surface area contributed by atoms with Crippen LogP contribution in [0.3, 0.4) is 0 Å². The smallest absolute Gasteiger partial charge is 0.247 e. The van der Waals surface area contributed by atoms with E-state index in [9.17, 15) is 0 Å². The Morgan fingerprint density at radius 2 is 2.40 bits per heavy atom. The number of hydrogen-bond donors (Lipinski definition) is 0. The van der Waals surface area contributed by atoms with Crippen molar-refractivity contribution in [1.29, 1.82) is 0 Å². The quantitative estimate of drug-likeness (QED) is 0.380. The van der Waals surface area contributed by atoms with Gasteiger partial charge in [-0.15, -0.1) is 0 Å². The molecule has 1 heterocycles. The lowest BCUT2D eigenvalue weighted by atomic mass is 11.3. The molecule has 0 saturated heterocycles. The molecule has 1 aliphatic heterocycles. The van der Waals surface area contributed by atoms with Crippen molar-refractivity contribution in [3.05, 3.63) is 6.73 Å². The molecule has 1 radical (unpaired) electrons. The van der Waals surface area contributed by atoms with Crippen LogP contribution in [0, 0.1) is 6.73 Å². The molecule has 0 unspecified atom stereocenters. The van der Waals surface area contributed by atoms with Gasteiger partial charge in [-0.2, -0.15) is 4.89 Å². The normalized spacial score (nSPS) is 19.2. The maximum absolute atomic E-state index is 4.10. The van der Waals surface area contributed by atoms with Gasteiger partial charge >= 0.3 is 0 Å². The molecule has 0 spiro atoms. The van der Waals surface area contributed by atoms with Crippen LogP contribution in [0.2, 0.25) is 0 Å². The maximum atomic E-state index is 4.10. The Bertz CT molecular complexity index is 45.6. The van der Waals surface area contributed by atoms with Crippen LogP contribution in [-0.4, -0.2) is 6.40 Å². The topological polar surface area (TPSA) is 30.8 Å². The highest BCUT2D eigenvalue weighted by molar-refractivity contribution is 5.46. The van der Waals surface area contributed by atoms with Crippen LogP contribution in [0.15, 0.2) is 4.99 Å². The predicted molar refractivity (Wildman–Crippen MR) is 15.0 cm³/mol. The van der Waals surface area contributed by atoms with Crippen LogP contribution in [0.25, 0.3) is 0 Å². The molecular weight excluding hydrogens is 70.0 g/mol. The number of hydrogen-bond acceptors (Lipinski definition) is 3. The summed E-state index contributed by atoms with van der Waals surface area (Å²) < 4.78 is 0. The molecule has 1 aliphatic rings. The second kappa shape index (κ2) is 1.03. The maximum Gasteiger partial charge on any atom is 0.247 e. The van der Waals surface area contributed by atoms with Crippen LogP contribution >= 0.6 is 0 Å². The van der Waals surface area contributed by atoms with Crippen molar-refractivity contribution in [2.24, 2.45) is 4.99 Å². The van der Waals surface area contributed by atoms with Gasteiger partial charge in [-0.1, -0.05) is 0 Å². The number of nitrogens with zero attached hydrogens (tertiary/aromatic N) is 1. The first kappa shape index (κ1) is 2.66. The Hall–Kier alpha value is -0.570. The van der Waals surface area contributed by atoms with E-state index in [4.69, 9.17) is 0 Å².